The number of hydrogen-bond acceptors (Lipinski definition) is 7. The second kappa shape index (κ2) is 9.00. The maximum Gasteiger partial charge on any atom is 0.349 e. The first-order valence-electron chi connectivity index (χ1n) is 10.1. The summed E-state index contributed by atoms with van der Waals surface area (Å²) in [6, 6.07) is 15.8. The number of β-amino-alcohol motifs (C(OH)–C–C–N with tert-alkyl or cyclic N) is 1. The number of nitrogens with zero attached hydrogens (tertiary/aromatic N) is 3. The molecule has 0 radical (unpaired) electrons. The zero-order valence-electron chi connectivity index (χ0n) is 16.9. The van der Waals surface area contributed by atoms with Gasteiger partial charge in [0.05, 0.1) is 17.9 Å². The van der Waals surface area contributed by atoms with Crippen molar-refractivity contribution in [3.8, 4) is 6.07 Å². The largest absolute Gasteiger partial charge is 0.422 e. The summed E-state index contributed by atoms with van der Waals surface area (Å²) in [6.45, 7) is 3.89. The number of aliphatic hydroxyl groups is 1. The van der Waals surface area contributed by atoms with Crippen molar-refractivity contribution >= 4 is 28.3 Å². The predicted octanol–water partition coefficient (Wildman–Crippen LogP) is 2.03. The standard InChI is InChI=1S/C23H22N4O4/c24-15-17-13-18(5-6-20(17)27-9-7-26(8-10-27)11-12-28)25-22(29)19-14-16-3-1-2-4-21(16)31-23(19)30/h1-6,13-14,28H,7-12H2,(H,25,29). The van der Waals surface area contributed by atoms with E-state index in [0.29, 0.717) is 28.8 Å². The van der Waals surface area contributed by atoms with Crippen LogP contribution in [0.3, 0.4) is 0 Å². The van der Waals surface area contributed by atoms with Gasteiger partial charge in [0.2, 0.25) is 0 Å². The van der Waals surface area contributed by atoms with Crippen molar-refractivity contribution in [2.45, 2.75) is 0 Å². The van der Waals surface area contributed by atoms with Crippen LogP contribution >= 0.6 is 0 Å². The summed E-state index contributed by atoms with van der Waals surface area (Å²) in [7, 11) is 0. The van der Waals surface area contributed by atoms with Crippen LogP contribution in [-0.4, -0.2) is 55.2 Å². The number of aliphatic hydroxyl groups excluding tert-OH is 1. The van der Waals surface area contributed by atoms with Crippen molar-refractivity contribution in [2.24, 2.45) is 0 Å². The van der Waals surface area contributed by atoms with Gasteiger partial charge in [-0.15, -0.1) is 0 Å². The molecule has 0 aliphatic carbocycles. The Morgan fingerprint density at radius 3 is 2.65 bits per heavy atom. The van der Waals surface area contributed by atoms with Crippen molar-refractivity contribution < 1.29 is 14.3 Å². The molecule has 1 aliphatic heterocycles. The highest BCUT2D eigenvalue weighted by atomic mass is 16.4. The minimum atomic E-state index is -0.714. The lowest BCUT2D eigenvalue weighted by molar-refractivity contribution is 0.102. The summed E-state index contributed by atoms with van der Waals surface area (Å²) in [5.74, 6) is -0.589. The number of rotatable bonds is 5. The van der Waals surface area contributed by atoms with Gasteiger partial charge in [-0.3, -0.25) is 9.69 Å². The number of benzene rings is 2. The lowest BCUT2D eigenvalue weighted by Crippen LogP contribution is -2.47. The van der Waals surface area contributed by atoms with Gasteiger partial charge >= 0.3 is 5.63 Å². The molecule has 2 N–H and O–H groups in total. The van der Waals surface area contributed by atoms with Gasteiger partial charge in [0, 0.05) is 43.8 Å². The molecule has 3 aromatic rings. The number of anilines is 2. The fourth-order valence-corrected chi connectivity index (χ4v) is 3.75. The molecule has 2 heterocycles. The number of nitrogens with one attached hydrogen (secondary N) is 1. The number of carbonyl (C=O) groups is 1. The Morgan fingerprint density at radius 2 is 1.90 bits per heavy atom. The predicted molar refractivity (Wildman–Crippen MR) is 117 cm³/mol. The number of piperazine rings is 1. The van der Waals surface area contributed by atoms with Gasteiger partial charge in [0.25, 0.3) is 5.91 Å². The number of amides is 1. The van der Waals surface area contributed by atoms with Crippen LogP contribution < -0.4 is 15.8 Å². The van der Waals surface area contributed by atoms with Crippen LogP contribution in [0, 0.1) is 11.3 Å². The van der Waals surface area contributed by atoms with E-state index >= 15 is 0 Å². The second-order valence-corrected chi connectivity index (χ2v) is 7.34. The van der Waals surface area contributed by atoms with Crippen LogP contribution in [0.5, 0.6) is 0 Å². The lowest BCUT2D eigenvalue weighted by atomic mass is 10.1. The van der Waals surface area contributed by atoms with Gasteiger partial charge in [0.15, 0.2) is 0 Å². The number of hydrogen-bond donors (Lipinski definition) is 2. The molecule has 1 amide bonds. The zero-order chi connectivity index (χ0) is 21.8. The Kier molecular flexibility index (Phi) is 5.98. The maximum absolute atomic E-state index is 12.7. The molecule has 0 bridgehead atoms. The number of carbonyl (C=O) groups excluding carboxylic acids is 1. The number of nitriles is 1. The van der Waals surface area contributed by atoms with E-state index in [1.807, 2.05) is 0 Å². The molecule has 0 atom stereocenters. The van der Waals surface area contributed by atoms with Gasteiger partial charge in [-0.1, -0.05) is 18.2 Å². The number of para-hydroxylation sites is 1. The first-order valence-corrected chi connectivity index (χ1v) is 10.1. The molecule has 8 nitrogen and oxygen atoms in total. The molecule has 8 heteroatoms. The summed E-state index contributed by atoms with van der Waals surface area (Å²) in [5, 5.41) is 22.0. The molecule has 1 saturated heterocycles. The van der Waals surface area contributed by atoms with E-state index in [4.69, 9.17) is 9.52 Å². The first kappa shape index (κ1) is 20.6. The Hall–Kier alpha value is -3.67. The Bertz CT molecular complexity index is 1210. The summed E-state index contributed by atoms with van der Waals surface area (Å²) >= 11 is 0. The minimum absolute atomic E-state index is 0.0960. The van der Waals surface area contributed by atoms with Gasteiger partial charge in [-0.25, -0.2) is 4.79 Å². The SMILES string of the molecule is N#Cc1cc(NC(=O)c2cc3ccccc3oc2=O)ccc1N1CCN(CCO)CC1. The van der Waals surface area contributed by atoms with Crippen molar-refractivity contribution in [1.82, 2.24) is 4.90 Å². The van der Waals surface area contributed by atoms with E-state index in [-0.39, 0.29) is 12.2 Å². The van der Waals surface area contributed by atoms with Crippen LogP contribution in [0.2, 0.25) is 0 Å². The third-order valence-corrected chi connectivity index (χ3v) is 5.39. The van der Waals surface area contributed by atoms with Gasteiger partial charge < -0.3 is 19.7 Å². The average Bonchev–Trinajstić information content (AvgIpc) is 2.79. The molecule has 0 saturated carbocycles. The normalized spacial score (nSPS) is 14.4. The summed E-state index contributed by atoms with van der Waals surface area (Å²) < 4.78 is 5.23. The highest BCUT2D eigenvalue weighted by Gasteiger charge is 2.20. The molecule has 31 heavy (non-hydrogen) atoms. The Balaban J connectivity index is 1.52. The van der Waals surface area contributed by atoms with Gasteiger partial charge in [-0.2, -0.15) is 5.26 Å². The summed E-state index contributed by atoms with van der Waals surface area (Å²) in [4.78, 5) is 29.2. The molecular formula is C23H22N4O4. The van der Waals surface area contributed by atoms with Crippen LogP contribution in [0.1, 0.15) is 15.9 Å². The quantitative estimate of drug-likeness (QED) is 0.610. The molecule has 1 aromatic heterocycles. The zero-order valence-corrected chi connectivity index (χ0v) is 16.9. The molecule has 1 aliphatic rings. The van der Waals surface area contributed by atoms with Crippen molar-refractivity contribution in [1.29, 1.82) is 5.26 Å². The van der Waals surface area contributed by atoms with Crippen LogP contribution in [-0.2, 0) is 0 Å². The second-order valence-electron chi connectivity index (χ2n) is 7.34. The van der Waals surface area contributed by atoms with Crippen molar-refractivity contribution in [3.05, 3.63) is 70.1 Å². The fraction of sp³-hybridized carbons (Fsp3) is 0.261. The van der Waals surface area contributed by atoms with E-state index in [1.54, 1.807) is 42.5 Å². The molecule has 158 valence electrons. The summed E-state index contributed by atoms with van der Waals surface area (Å²) in [6.07, 6.45) is 0. The van der Waals surface area contributed by atoms with E-state index in [2.05, 4.69) is 21.2 Å². The molecule has 4 rings (SSSR count). The molecule has 0 spiro atoms. The average molecular weight is 418 g/mol. The van der Waals surface area contributed by atoms with E-state index in [9.17, 15) is 14.9 Å². The maximum atomic E-state index is 12.7. The van der Waals surface area contributed by atoms with E-state index < -0.39 is 11.5 Å². The third-order valence-electron chi connectivity index (χ3n) is 5.39. The minimum Gasteiger partial charge on any atom is -0.422 e. The van der Waals surface area contributed by atoms with Crippen molar-refractivity contribution in [2.75, 3.05) is 49.5 Å². The van der Waals surface area contributed by atoms with E-state index in [1.165, 1.54) is 6.07 Å². The highest BCUT2D eigenvalue weighted by molar-refractivity contribution is 6.05. The summed E-state index contributed by atoms with van der Waals surface area (Å²) in [5.41, 5.74) is 1.28. The molecule has 2 aromatic carbocycles. The lowest BCUT2D eigenvalue weighted by Gasteiger charge is -2.36. The van der Waals surface area contributed by atoms with Gasteiger partial charge in [-0.05, 0) is 30.3 Å². The van der Waals surface area contributed by atoms with E-state index in [0.717, 1.165) is 31.9 Å². The fourth-order valence-electron chi connectivity index (χ4n) is 3.75. The highest BCUT2D eigenvalue weighted by Crippen LogP contribution is 2.25. The van der Waals surface area contributed by atoms with Crippen LogP contribution in [0.25, 0.3) is 11.0 Å². The smallest absolute Gasteiger partial charge is 0.349 e. The third kappa shape index (κ3) is 4.43. The van der Waals surface area contributed by atoms with Crippen LogP contribution in [0.15, 0.2) is 57.7 Å². The van der Waals surface area contributed by atoms with Gasteiger partial charge in [0.1, 0.15) is 17.2 Å². The van der Waals surface area contributed by atoms with Crippen molar-refractivity contribution in [3.63, 3.8) is 0 Å². The van der Waals surface area contributed by atoms with Crippen LogP contribution in [0.4, 0.5) is 11.4 Å². The number of fused-ring (bicyclic) bond motifs is 1. The first-order chi connectivity index (χ1) is 15.1. The molecule has 0 unspecified atom stereocenters. The monoisotopic (exact) mass is 418 g/mol. The molecular weight excluding hydrogens is 396 g/mol. The Labute approximate surface area is 178 Å². The Morgan fingerprint density at radius 1 is 1.13 bits per heavy atom. The molecule has 1 fully saturated rings. The topological polar surface area (TPSA) is 110 Å².